The van der Waals surface area contributed by atoms with Gasteiger partial charge in [-0.2, -0.15) is 0 Å². The van der Waals surface area contributed by atoms with Crippen LogP contribution < -0.4 is 19.5 Å². The van der Waals surface area contributed by atoms with Crippen molar-refractivity contribution < 1.29 is 19.0 Å². The molecule has 0 radical (unpaired) electrons. The summed E-state index contributed by atoms with van der Waals surface area (Å²) in [5.41, 5.74) is 0.825. The molecule has 0 aromatic heterocycles. The number of amides is 1. The molecule has 0 atom stereocenters. The molecule has 0 bridgehead atoms. The smallest absolute Gasteiger partial charge is 0.226 e. The van der Waals surface area contributed by atoms with Crippen molar-refractivity contribution in [3.8, 4) is 17.2 Å². The average molecular weight is 333 g/mol. The topological polar surface area (TPSA) is 60.0 Å². The maximum atomic E-state index is 12.2. The molecule has 1 amide bonds. The Balaban J connectivity index is 0.00000441. The summed E-state index contributed by atoms with van der Waals surface area (Å²) in [6, 6.07) is 3.59. The van der Waals surface area contributed by atoms with E-state index in [1.165, 1.54) is 0 Å². The Bertz CT molecular complexity index is 458. The predicted octanol–water partition coefficient (Wildman–Crippen LogP) is 1.35. The number of carbonyl (C=O) groups excluding carboxylic acids is 1. The molecule has 0 aliphatic rings. The van der Waals surface area contributed by atoms with Crippen LogP contribution in [0.2, 0.25) is 0 Å². The second-order valence-corrected chi connectivity index (χ2v) is 4.63. The normalized spacial score (nSPS) is 9.68. The summed E-state index contributed by atoms with van der Waals surface area (Å²) in [6.07, 6.45) is 0.289. The van der Waals surface area contributed by atoms with Gasteiger partial charge in [-0.05, 0) is 24.7 Å². The number of hydrogen-bond donors (Lipinski definition) is 1. The molecule has 0 heterocycles. The van der Waals surface area contributed by atoms with Crippen molar-refractivity contribution in [3.63, 3.8) is 0 Å². The van der Waals surface area contributed by atoms with Crippen molar-refractivity contribution in [1.82, 2.24) is 10.2 Å². The zero-order chi connectivity index (χ0) is 15.8. The molecule has 0 aliphatic carbocycles. The van der Waals surface area contributed by atoms with Gasteiger partial charge in [-0.25, -0.2) is 0 Å². The summed E-state index contributed by atoms with van der Waals surface area (Å²) >= 11 is 0. The Labute approximate surface area is 138 Å². The van der Waals surface area contributed by atoms with E-state index < -0.39 is 0 Å². The zero-order valence-corrected chi connectivity index (χ0v) is 14.6. The van der Waals surface area contributed by atoms with Crippen molar-refractivity contribution >= 4 is 18.3 Å². The molecule has 1 aromatic carbocycles. The molecule has 0 spiro atoms. The molecule has 1 aromatic rings. The highest BCUT2D eigenvalue weighted by Gasteiger charge is 2.16. The first-order valence-electron chi connectivity index (χ1n) is 6.74. The molecule has 6 nitrogen and oxygen atoms in total. The molecule has 1 N–H and O–H groups in total. The quantitative estimate of drug-likeness (QED) is 0.779. The number of benzene rings is 1. The van der Waals surface area contributed by atoms with Crippen molar-refractivity contribution in [2.45, 2.75) is 6.42 Å². The van der Waals surface area contributed by atoms with Gasteiger partial charge in [0.25, 0.3) is 0 Å². The van der Waals surface area contributed by atoms with Gasteiger partial charge >= 0.3 is 0 Å². The second-order valence-electron chi connectivity index (χ2n) is 4.63. The summed E-state index contributed by atoms with van der Waals surface area (Å²) in [4.78, 5) is 13.9. The SMILES string of the molecule is CNCCN(C)C(=O)Cc1cc(OC)c(OC)c(OC)c1.Cl. The van der Waals surface area contributed by atoms with Crippen LogP contribution in [0.25, 0.3) is 0 Å². The Kier molecular flexibility index (Phi) is 9.37. The van der Waals surface area contributed by atoms with E-state index in [2.05, 4.69) is 5.32 Å². The van der Waals surface area contributed by atoms with E-state index >= 15 is 0 Å². The number of nitrogens with one attached hydrogen (secondary N) is 1. The third kappa shape index (κ3) is 5.27. The highest BCUT2D eigenvalue weighted by atomic mass is 35.5. The lowest BCUT2D eigenvalue weighted by atomic mass is 10.1. The van der Waals surface area contributed by atoms with Gasteiger partial charge < -0.3 is 24.4 Å². The van der Waals surface area contributed by atoms with Gasteiger partial charge in [-0.15, -0.1) is 12.4 Å². The van der Waals surface area contributed by atoms with Crippen molar-refractivity contribution in [3.05, 3.63) is 17.7 Å². The maximum absolute atomic E-state index is 12.2. The van der Waals surface area contributed by atoms with E-state index in [1.807, 2.05) is 7.05 Å². The van der Waals surface area contributed by atoms with Crippen molar-refractivity contribution in [1.29, 1.82) is 0 Å². The summed E-state index contributed by atoms with van der Waals surface area (Å²) in [5.74, 6) is 1.68. The highest BCUT2D eigenvalue weighted by Crippen LogP contribution is 2.38. The summed E-state index contributed by atoms with van der Waals surface area (Å²) in [7, 11) is 8.32. The number of ether oxygens (including phenoxy) is 3. The molecule has 126 valence electrons. The Morgan fingerprint density at radius 1 is 1.14 bits per heavy atom. The molecule has 0 saturated heterocycles. The molecule has 0 aliphatic heterocycles. The predicted molar refractivity (Wildman–Crippen MR) is 88.6 cm³/mol. The highest BCUT2D eigenvalue weighted by molar-refractivity contribution is 5.85. The van der Waals surface area contributed by atoms with Crippen LogP contribution >= 0.6 is 12.4 Å². The maximum Gasteiger partial charge on any atom is 0.226 e. The van der Waals surface area contributed by atoms with Crippen LogP contribution in [0.3, 0.4) is 0 Å². The van der Waals surface area contributed by atoms with Crippen LogP contribution in [0, 0.1) is 0 Å². The van der Waals surface area contributed by atoms with E-state index in [9.17, 15) is 4.79 Å². The van der Waals surface area contributed by atoms with Gasteiger partial charge in [-0.3, -0.25) is 4.79 Å². The number of likely N-dealkylation sites (N-methyl/N-ethyl adjacent to an activating group) is 2. The lowest BCUT2D eigenvalue weighted by Crippen LogP contribution is -2.33. The van der Waals surface area contributed by atoms with E-state index in [1.54, 1.807) is 45.4 Å². The average Bonchev–Trinajstić information content (AvgIpc) is 2.51. The van der Waals surface area contributed by atoms with Crippen LogP contribution in [0.5, 0.6) is 17.2 Å². The monoisotopic (exact) mass is 332 g/mol. The van der Waals surface area contributed by atoms with E-state index in [0.29, 0.717) is 23.8 Å². The summed E-state index contributed by atoms with van der Waals surface area (Å²) in [5, 5.41) is 3.02. The first-order chi connectivity index (χ1) is 10.1. The largest absolute Gasteiger partial charge is 0.493 e. The number of halogens is 1. The van der Waals surface area contributed by atoms with Crippen LogP contribution in [-0.2, 0) is 11.2 Å². The lowest BCUT2D eigenvalue weighted by Gasteiger charge is -2.18. The van der Waals surface area contributed by atoms with E-state index in [-0.39, 0.29) is 24.7 Å². The molecule has 0 saturated carbocycles. The number of hydrogen-bond acceptors (Lipinski definition) is 5. The fourth-order valence-electron chi connectivity index (χ4n) is 1.95. The van der Waals surface area contributed by atoms with Crippen LogP contribution in [0.4, 0.5) is 0 Å². The van der Waals surface area contributed by atoms with E-state index in [4.69, 9.17) is 14.2 Å². The fourth-order valence-corrected chi connectivity index (χ4v) is 1.95. The molecule has 0 fully saturated rings. The number of methoxy groups -OCH3 is 3. The zero-order valence-electron chi connectivity index (χ0n) is 13.8. The minimum atomic E-state index is 0. The van der Waals surface area contributed by atoms with Crippen molar-refractivity contribution in [2.24, 2.45) is 0 Å². The molecule has 22 heavy (non-hydrogen) atoms. The lowest BCUT2D eigenvalue weighted by molar-refractivity contribution is -0.129. The van der Waals surface area contributed by atoms with Gasteiger partial charge in [0.05, 0.1) is 27.8 Å². The number of rotatable bonds is 8. The van der Waals surface area contributed by atoms with Crippen LogP contribution in [0.1, 0.15) is 5.56 Å². The number of carbonyl (C=O) groups is 1. The molecular weight excluding hydrogens is 308 g/mol. The van der Waals surface area contributed by atoms with Gasteiger partial charge in [-0.1, -0.05) is 0 Å². The van der Waals surface area contributed by atoms with Gasteiger partial charge in [0.2, 0.25) is 11.7 Å². The van der Waals surface area contributed by atoms with Crippen LogP contribution in [0.15, 0.2) is 12.1 Å². The van der Waals surface area contributed by atoms with Crippen molar-refractivity contribution in [2.75, 3.05) is 48.5 Å². The summed E-state index contributed by atoms with van der Waals surface area (Å²) < 4.78 is 15.8. The Morgan fingerprint density at radius 3 is 2.09 bits per heavy atom. The molecular formula is C15H25ClN2O4. The second kappa shape index (κ2) is 10.1. The first kappa shape index (κ1) is 20.3. The van der Waals surface area contributed by atoms with Gasteiger partial charge in [0.15, 0.2) is 11.5 Å². The minimum absolute atomic E-state index is 0. The fraction of sp³-hybridized carbons (Fsp3) is 0.533. The van der Waals surface area contributed by atoms with Gasteiger partial charge in [0, 0.05) is 20.1 Å². The molecule has 7 heteroatoms. The first-order valence-corrected chi connectivity index (χ1v) is 6.74. The minimum Gasteiger partial charge on any atom is -0.493 e. The van der Waals surface area contributed by atoms with E-state index in [0.717, 1.165) is 12.1 Å². The standard InChI is InChI=1S/C15H24N2O4.ClH/c1-16-6-7-17(2)14(18)10-11-8-12(19-3)15(21-5)13(9-11)20-4;/h8-9,16H,6-7,10H2,1-5H3;1H. The summed E-state index contributed by atoms with van der Waals surface area (Å²) in [6.45, 7) is 1.43. The van der Waals surface area contributed by atoms with Gasteiger partial charge in [0.1, 0.15) is 0 Å². The van der Waals surface area contributed by atoms with Crippen LogP contribution in [-0.4, -0.2) is 59.3 Å². The Morgan fingerprint density at radius 2 is 1.68 bits per heavy atom. The molecule has 1 rings (SSSR count). The third-order valence-corrected chi connectivity index (χ3v) is 3.20. The Hall–Kier alpha value is -1.66. The number of nitrogens with zero attached hydrogens (tertiary/aromatic N) is 1. The third-order valence-electron chi connectivity index (χ3n) is 3.20. The molecule has 0 unspecified atom stereocenters.